The third kappa shape index (κ3) is 5.04. The number of benzene rings is 2. The average molecular weight is 462 g/mol. The molecule has 170 valence electrons. The molecule has 0 bridgehead atoms. The first-order valence-corrected chi connectivity index (χ1v) is 12.0. The molecule has 1 amide bonds. The van der Waals surface area contributed by atoms with E-state index in [1.807, 2.05) is 66.1 Å². The van der Waals surface area contributed by atoms with E-state index < -0.39 is 10.8 Å². The molecule has 1 heterocycles. The molecule has 0 radical (unpaired) electrons. The minimum atomic E-state index is -0.758. The number of hydrogen-bond acceptors (Lipinski definition) is 6. The molecule has 33 heavy (non-hydrogen) atoms. The van der Waals surface area contributed by atoms with Gasteiger partial charge in [-0.15, -0.1) is 10.2 Å². The number of amides is 1. The predicted molar refractivity (Wildman–Crippen MR) is 128 cm³/mol. The van der Waals surface area contributed by atoms with Crippen LogP contribution in [0.25, 0.3) is 17.1 Å². The zero-order valence-corrected chi connectivity index (χ0v) is 19.6. The number of rotatable bonds is 7. The van der Waals surface area contributed by atoms with Gasteiger partial charge in [-0.1, -0.05) is 49.2 Å². The Labute approximate surface area is 198 Å². The Hall–Kier alpha value is -3.31. The number of nitriles is 1. The van der Waals surface area contributed by atoms with Gasteiger partial charge in [-0.05, 0) is 56.2 Å². The van der Waals surface area contributed by atoms with Crippen LogP contribution < -0.4 is 10.1 Å². The zero-order chi connectivity index (χ0) is 23.3. The summed E-state index contributed by atoms with van der Waals surface area (Å²) < 4.78 is 7.22. The molecule has 1 aliphatic rings. The van der Waals surface area contributed by atoms with Crippen LogP contribution in [-0.2, 0) is 4.79 Å². The first-order valence-electron chi connectivity index (χ1n) is 11.1. The van der Waals surface area contributed by atoms with Gasteiger partial charge >= 0.3 is 0 Å². The van der Waals surface area contributed by atoms with Crippen LogP contribution in [0.15, 0.2) is 59.8 Å². The number of ether oxygens (including phenoxy) is 1. The molecule has 0 saturated heterocycles. The van der Waals surface area contributed by atoms with Gasteiger partial charge in [-0.25, -0.2) is 0 Å². The van der Waals surface area contributed by atoms with Crippen LogP contribution in [-0.4, -0.2) is 38.6 Å². The summed E-state index contributed by atoms with van der Waals surface area (Å²) in [5.74, 6) is 1.29. The molecule has 7 nitrogen and oxygen atoms in total. The van der Waals surface area contributed by atoms with Gasteiger partial charge in [0.1, 0.15) is 11.3 Å². The molecule has 0 aliphatic heterocycles. The summed E-state index contributed by atoms with van der Waals surface area (Å²) in [5, 5.41) is 21.8. The van der Waals surface area contributed by atoms with E-state index in [0.29, 0.717) is 23.8 Å². The molecule has 0 spiro atoms. The van der Waals surface area contributed by atoms with Crippen LogP contribution in [0.3, 0.4) is 0 Å². The molecular weight excluding hydrogens is 434 g/mol. The van der Waals surface area contributed by atoms with Crippen LogP contribution in [0.4, 0.5) is 0 Å². The summed E-state index contributed by atoms with van der Waals surface area (Å²) in [5.41, 5.74) is 1.04. The number of carbonyl (C=O) groups is 1. The monoisotopic (exact) mass is 461 g/mol. The number of hydrogen-bond donors (Lipinski definition) is 1. The van der Waals surface area contributed by atoms with Crippen molar-refractivity contribution in [2.24, 2.45) is 0 Å². The largest absolute Gasteiger partial charge is 0.497 e. The molecule has 1 aromatic heterocycles. The minimum Gasteiger partial charge on any atom is -0.497 e. The van der Waals surface area contributed by atoms with Gasteiger partial charge < -0.3 is 10.1 Å². The summed E-state index contributed by atoms with van der Waals surface area (Å²) in [6.45, 7) is 1.84. The summed E-state index contributed by atoms with van der Waals surface area (Å²) in [6.07, 6.45) is 4.44. The van der Waals surface area contributed by atoms with Crippen LogP contribution in [0.5, 0.6) is 5.75 Å². The van der Waals surface area contributed by atoms with Gasteiger partial charge in [-0.2, -0.15) is 5.26 Å². The highest BCUT2D eigenvalue weighted by Gasteiger charge is 2.35. The highest BCUT2D eigenvalue weighted by Crippen LogP contribution is 2.32. The third-order valence-electron chi connectivity index (χ3n) is 5.93. The molecule has 2 aromatic carbocycles. The Morgan fingerprint density at radius 2 is 1.82 bits per heavy atom. The van der Waals surface area contributed by atoms with Crippen molar-refractivity contribution in [2.45, 2.75) is 55.0 Å². The van der Waals surface area contributed by atoms with E-state index >= 15 is 0 Å². The topological polar surface area (TPSA) is 92.8 Å². The Kier molecular flexibility index (Phi) is 6.99. The molecule has 1 saturated carbocycles. The zero-order valence-electron chi connectivity index (χ0n) is 18.8. The standard InChI is InChI=1S/C25H27N5O2S/c1-18(23(31)27-25(17-26)15-7-4-8-16-25)33-24-29-28-22(19-11-13-21(32-2)14-12-19)30(24)20-9-5-3-6-10-20/h3,5-6,9-14,18H,4,7-8,15-16H2,1-2H3,(H,27,31). The van der Waals surface area contributed by atoms with Crippen LogP contribution in [0, 0.1) is 11.3 Å². The minimum absolute atomic E-state index is 0.156. The highest BCUT2D eigenvalue weighted by molar-refractivity contribution is 8.00. The maximum atomic E-state index is 13.0. The smallest absolute Gasteiger partial charge is 0.234 e. The van der Waals surface area contributed by atoms with E-state index in [0.717, 1.165) is 36.3 Å². The number of carbonyl (C=O) groups excluding carboxylic acids is 1. The van der Waals surface area contributed by atoms with Crippen molar-refractivity contribution >= 4 is 17.7 Å². The van der Waals surface area contributed by atoms with Gasteiger partial charge in [0.25, 0.3) is 0 Å². The molecule has 1 atom stereocenters. The van der Waals surface area contributed by atoms with Gasteiger partial charge in [-0.3, -0.25) is 9.36 Å². The second-order valence-electron chi connectivity index (χ2n) is 8.21. The molecular formula is C25H27N5O2S. The van der Waals surface area contributed by atoms with Crippen molar-refractivity contribution in [3.63, 3.8) is 0 Å². The quantitative estimate of drug-likeness (QED) is 0.510. The first-order chi connectivity index (χ1) is 16.0. The van der Waals surface area contributed by atoms with Crippen molar-refractivity contribution in [3.8, 4) is 28.9 Å². The van der Waals surface area contributed by atoms with Crippen molar-refractivity contribution in [3.05, 3.63) is 54.6 Å². The predicted octanol–water partition coefficient (Wildman–Crippen LogP) is 4.77. The fourth-order valence-corrected chi connectivity index (χ4v) is 4.92. The fraction of sp³-hybridized carbons (Fsp3) is 0.360. The Morgan fingerprint density at radius 3 is 2.45 bits per heavy atom. The van der Waals surface area contributed by atoms with Crippen molar-refractivity contribution in [2.75, 3.05) is 7.11 Å². The molecule has 1 aliphatic carbocycles. The van der Waals surface area contributed by atoms with Gasteiger partial charge in [0.05, 0.1) is 18.4 Å². The SMILES string of the molecule is COc1ccc(-c2nnc(SC(C)C(=O)NC3(C#N)CCCCC3)n2-c2ccccc2)cc1. The number of nitrogens with one attached hydrogen (secondary N) is 1. The lowest BCUT2D eigenvalue weighted by molar-refractivity contribution is -0.121. The maximum absolute atomic E-state index is 13.0. The number of methoxy groups -OCH3 is 1. The summed E-state index contributed by atoms with van der Waals surface area (Å²) in [7, 11) is 1.63. The van der Waals surface area contributed by atoms with Crippen molar-refractivity contribution in [1.29, 1.82) is 5.26 Å². The lowest BCUT2D eigenvalue weighted by Gasteiger charge is -2.32. The maximum Gasteiger partial charge on any atom is 0.234 e. The van der Waals surface area contributed by atoms with Crippen LogP contribution in [0.1, 0.15) is 39.0 Å². The fourth-order valence-electron chi connectivity index (χ4n) is 4.05. The molecule has 1 unspecified atom stereocenters. The molecule has 8 heteroatoms. The highest BCUT2D eigenvalue weighted by atomic mass is 32.2. The van der Waals surface area contributed by atoms with E-state index in [2.05, 4.69) is 21.6 Å². The molecule has 3 aromatic rings. The lowest BCUT2D eigenvalue weighted by Crippen LogP contribution is -2.50. The van der Waals surface area contributed by atoms with Crippen LogP contribution in [0.2, 0.25) is 0 Å². The van der Waals surface area contributed by atoms with E-state index in [4.69, 9.17) is 4.74 Å². The van der Waals surface area contributed by atoms with E-state index in [-0.39, 0.29) is 5.91 Å². The van der Waals surface area contributed by atoms with Gasteiger partial charge in [0, 0.05) is 11.3 Å². The van der Waals surface area contributed by atoms with Gasteiger partial charge in [0.15, 0.2) is 11.0 Å². The Bertz CT molecular complexity index is 1130. The Balaban J connectivity index is 1.61. The van der Waals surface area contributed by atoms with Gasteiger partial charge in [0.2, 0.25) is 5.91 Å². The summed E-state index contributed by atoms with van der Waals surface area (Å²) >= 11 is 1.34. The second kappa shape index (κ2) is 10.1. The lowest BCUT2D eigenvalue weighted by atomic mass is 9.83. The molecule has 4 rings (SSSR count). The number of nitrogens with zero attached hydrogens (tertiary/aromatic N) is 4. The van der Waals surface area contributed by atoms with Crippen LogP contribution >= 0.6 is 11.8 Å². The Morgan fingerprint density at radius 1 is 1.12 bits per heavy atom. The number of para-hydroxylation sites is 1. The second-order valence-corrected chi connectivity index (χ2v) is 9.52. The van der Waals surface area contributed by atoms with E-state index in [9.17, 15) is 10.1 Å². The van der Waals surface area contributed by atoms with E-state index in [1.54, 1.807) is 7.11 Å². The first kappa shape index (κ1) is 22.9. The summed E-state index contributed by atoms with van der Waals surface area (Å²) in [4.78, 5) is 13.0. The molecule has 1 N–H and O–H groups in total. The number of aromatic nitrogens is 3. The van der Waals surface area contributed by atoms with E-state index in [1.165, 1.54) is 11.8 Å². The normalized spacial score (nSPS) is 15.9. The number of thioether (sulfide) groups is 1. The van der Waals surface area contributed by atoms with Crippen molar-refractivity contribution < 1.29 is 9.53 Å². The average Bonchev–Trinajstić information content (AvgIpc) is 3.28. The van der Waals surface area contributed by atoms with Crippen molar-refractivity contribution in [1.82, 2.24) is 20.1 Å². The third-order valence-corrected chi connectivity index (χ3v) is 6.97. The summed E-state index contributed by atoms with van der Waals surface area (Å²) in [6, 6.07) is 19.8. The molecule has 1 fully saturated rings.